The maximum Gasteiger partial charge on any atom is 0.514 e. The summed E-state index contributed by atoms with van der Waals surface area (Å²) in [6, 6.07) is 0.388. The van der Waals surface area contributed by atoms with Gasteiger partial charge in [-0.2, -0.15) is 0 Å². The van der Waals surface area contributed by atoms with E-state index in [0.29, 0.717) is 16.8 Å². The molecule has 0 amide bonds. The van der Waals surface area contributed by atoms with Gasteiger partial charge in [-0.25, -0.2) is 22.8 Å². The Morgan fingerprint density at radius 3 is 2.29 bits per heavy atom. The van der Waals surface area contributed by atoms with Crippen molar-refractivity contribution in [1.29, 1.82) is 0 Å². The predicted molar refractivity (Wildman–Crippen MR) is 87.4 cm³/mol. The highest BCUT2D eigenvalue weighted by Gasteiger charge is 2.24. The Morgan fingerprint density at radius 2 is 1.68 bits per heavy atom. The third-order valence-electron chi connectivity index (χ3n) is 3.44. The lowest BCUT2D eigenvalue weighted by Gasteiger charge is -2.14. The molecule has 0 aliphatic heterocycles. The highest BCUT2D eigenvalue weighted by atomic mass is 19.2. The molecule has 1 aromatic heterocycles. The Kier molecular flexibility index (Phi) is 6.39. The molecule has 0 N–H and O–H groups in total. The number of Topliss-reactive ketones (excluding diaryl/α,β-unsaturated/α-hetero) is 1. The Morgan fingerprint density at radius 1 is 1.04 bits per heavy atom. The molecule has 0 atom stereocenters. The van der Waals surface area contributed by atoms with Gasteiger partial charge in [0.2, 0.25) is 5.43 Å². The second-order valence-corrected chi connectivity index (χ2v) is 5.26. The minimum Gasteiger partial charge on any atom is -0.460 e. The fourth-order valence-corrected chi connectivity index (χ4v) is 2.30. The van der Waals surface area contributed by atoms with Crippen molar-refractivity contribution in [2.75, 3.05) is 13.2 Å². The van der Waals surface area contributed by atoms with Crippen LogP contribution in [0.2, 0.25) is 0 Å². The van der Waals surface area contributed by atoms with Crippen LogP contribution in [0.1, 0.15) is 13.8 Å². The molecule has 1 aromatic carbocycles. The Labute approximate surface area is 155 Å². The number of hydrogen-bond donors (Lipinski definition) is 0. The second kappa shape index (κ2) is 8.55. The fraction of sp³-hybridized carbons (Fsp3) is 0.294. The molecule has 11 heteroatoms. The number of benzene rings is 1. The molecule has 0 aliphatic carbocycles. The van der Waals surface area contributed by atoms with Crippen LogP contribution in [-0.4, -0.2) is 35.7 Å². The predicted octanol–water partition coefficient (Wildman–Crippen LogP) is 2.09. The van der Waals surface area contributed by atoms with Crippen LogP contribution >= 0.6 is 0 Å². The molecular weight excluding hydrogens is 387 g/mol. The van der Waals surface area contributed by atoms with E-state index in [-0.39, 0.29) is 13.2 Å². The third-order valence-corrected chi connectivity index (χ3v) is 3.44. The van der Waals surface area contributed by atoms with E-state index < -0.39 is 64.0 Å². The minimum atomic E-state index is -1.89. The van der Waals surface area contributed by atoms with Crippen LogP contribution in [0, 0.1) is 17.5 Å². The molecule has 28 heavy (non-hydrogen) atoms. The molecule has 0 unspecified atom stereocenters. The van der Waals surface area contributed by atoms with Crippen molar-refractivity contribution in [3.8, 4) is 5.75 Å². The standard InChI is InChI=1S/C17H14F3NO7/c1-3-26-16(24)10(22)6-21-7-11(28-17(25)27-4-2)15(23)8-5-9(18)12(19)13(20)14(8)21/h5,7H,3-4,6H2,1-2H3. The van der Waals surface area contributed by atoms with Gasteiger partial charge < -0.3 is 18.8 Å². The molecule has 0 bridgehead atoms. The van der Waals surface area contributed by atoms with Gasteiger partial charge in [0.1, 0.15) is 0 Å². The van der Waals surface area contributed by atoms with Crippen LogP contribution in [-0.2, 0) is 25.6 Å². The number of esters is 1. The van der Waals surface area contributed by atoms with Crippen molar-refractivity contribution in [3.63, 3.8) is 0 Å². The largest absolute Gasteiger partial charge is 0.514 e. The lowest BCUT2D eigenvalue weighted by Crippen LogP contribution is -2.25. The van der Waals surface area contributed by atoms with Gasteiger partial charge in [-0.05, 0) is 19.9 Å². The van der Waals surface area contributed by atoms with Crippen molar-refractivity contribution in [3.05, 3.63) is 39.9 Å². The zero-order valence-electron chi connectivity index (χ0n) is 14.7. The molecular formula is C17H14F3NO7. The number of rotatable bonds is 6. The number of ketones is 1. The first-order valence-electron chi connectivity index (χ1n) is 7.96. The van der Waals surface area contributed by atoms with Crippen LogP contribution in [0.4, 0.5) is 18.0 Å². The Balaban J connectivity index is 2.68. The number of nitrogens with zero attached hydrogens (tertiary/aromatic N) is 1. The molecule has 0 saturated carbocycles. The lowest BCUT2D eigenvalue weighted by molar-refractivity contribution is -0.153. The first-order chi connectivity index (χ1) is 13.2. The summed E-state index contributed by atoms with van der Waals surface area (Å²) in [5.41, 5.74) is -1.95. The van der Waals surface area contributed by atoms with Gasteiger partial charge in [0, 0.05) is 0 Å². The summed E-state index contributed by atoms with van der Waals surface area (Å²) < 4.78 is 55.9. The quantitative estimate of drug-likeness (QED) is 0.415. The second-order valence-electron chi connectivity index (χ2n) is 5.26. The molecule has 0 aliphatic rings. The molecule has 150 valence electrons. The number of pyridine rings is 1. The summed E-state index contributed by atoms with van der Waals surface area (Å²) in [7, 11) is 0. The van der Waals surface area contributed by atoms with Crippen LogP contribution in [0.3, 0.4) is 0 Å². The number of carbonyl (C=O) groups is 3. The SMILES string of the molecule is CCOC(=O)Oc1cn(CC(=O)C(=O)OCC)c2c(F)c(F)c(F)cc2c1=O. The van der Waals surface area contributed by atoms with Crippen molar-refractivity contribution >= 4 is 28.8 Å². The number of aromatic nitrogens is 1. The Bertz CT molecular complexity index is 1020. The van der Waals surface area contributed by atoms with Gasteiger partial charge in [-0.1, -0.05) is 0 Å². The van der Waals surface area contributed by atoms with E-state index >= 15 is 0 Å². The summed E-state index contributed by atoms with van der Waals surface area (Å²) in [6.45, 7) is 1.82. The first-order valence-corrected chi connectivity index (χ1v) is 7.96. The molecule has 1 heterocycles. The molecule has 0 radical (unpaired) electrons. The normalized spacial score (nSPS) is 10.6. The van der Waals surface area contributed by atoms with Gasteiger partial charge in [-0.3, -0.25) is 9.59 Å². The van der Waals surface area contributed by atoms with E-state index in [0.717, 1.165) is 0 Å². The van der Waals surface area contributed by atoms with Crippen molar-refractivity contribution in [2.24, 2.45) is 0 Å². The molecule has 0 saturated heterocycles. The van der Waals surface area contributed by atoms with Crippen molar-refractivity contribution < 1.29 is 41.8 Å². The summed E-state index contributed by atoms with van der Waals surface area (Å²) in [6.07, 6.45) is -0.579. The summed E-state index contributed by atoms with van der Waals surface area (Å²) in [5.74, 6) is -8.48. The average molecular weight is 401 g/mol. The zero-order chi connectivity index (χ0) is 21.0. The third kappa shape index (κ3) is 4.13. The smallest absolute Gasteiger partial charge is 0.460 e. The molecule has 0 spiro atoms. The highest BCUT2D eigenvalue weighted by molar-refractivity contribution is 6.33. The van der Waals surface area contributed by atoms with E-state index in [1.165, 1.54) is 13.8 Å². The van der Waals surface area contributed by atoms with E-state index in [1.54, 1.807) is 0 Å². The van der Waals surface area contributed by atoms with Gasteiger partial charge in [-0.15, -0.1) is 0 Å². The van der Waals surface area contributed by atoms with E-state index in [4.69, 9.17) is 0 Å². The average Bonchev–Trinajstić information content (AvgIpc) is 2.63. The van der Waals surface area contributed by atoms with Gasteiger partial charge in [0.05, 0.1) is 36.9 Å². The summed E-state index contributed by atoms with van der Waals surface area (Å²) in [4.78, 5) is 47.3. The highest BCUT2D eigenvalue weighted by Crippen LogP contribution is 2.23. The van der Waals surface area contributed by atoms with E-state index in [2.05, 4.69) is 14.2 Å². The number of halogens is 3. The maximum absolute atomic E-state index is 14.3. The minimum absolute atomic E-state index is 0.0869. The number of hydrogen-bond acceptors (Lipinski definition) is 7. The number of carbonyl (C=O) groups excluding carboxylic acids is 3. The molecule has 8 nitrogen and oxygen atoms in total. The van der Waals surface area contributed by atoms with Gasteiger partial charge in [0.25, 0.3) is 5.78 Å². The molecule has 2 aromatic rings. The topological polar surface area (TPSA) is 101 Å². The van der Waals surface area contributed by atoms with Crippen LogP contribution in [0.15, 0.2) is 17.1 Å². The number of fused-ring (bicyclic) bond motifs is 1. The molecule has 2 rings (SSSR count). The van der Waals surface area contributed by atoms with Crippen LogP contribution in [0.5, 0.6) is 5.75 Å². The van der Waals surface area contributed by atoms with Gasteiger partial charge in [0.15, 0.2) is 23.2 Å². The summed E-state index contributed by atoms with van der Waals surface area (Å²) in [5, 5.41) is -0.713. The van der Waals surface area contributed by atoms with E-state index in [9.17, 15) is 32.3 Å². The van der Waals surface area contributed by atoms with Crippen molar-refractivity contribution in [2.45, 2.75) is 20.4 Å². The molecule has 0 fully saturated rings. The van der Waals surface area contributed by atoms with Crippen molar-refractivity contribution in [1.82, 2.24) is 4.57 Å². The van der Waals surface area contributed by atoms with Crippen LogP contribution < -0.4 is 10.2 Å². The maximum atomic E-state index is 14.3. The summed E-state index contributed by atoms with van der Waals surface area (Å²) >= 11 is 0. The first kappa shape index (κ1) is 20.9. The lowest BCUT2D eigenvalue weighted by atomic mass is 10.1. The van der Waals surface area contributed by atoms with Crippen LogP contribution in [0.25, 0.3) is 10.9 Å². The zero-order valence-corrected chi connectivity index (χ0v) is 14.7. The van der Waals surface area contributed by atoms with E-state index in [1.807, 2.05) is 0 Å². The number of ether oxygens (including phenoxy) is 3. The van der Waals surface area contributed by atoms with Gasteiger partial charge >= 0.3 is 12.1 Å². The Hall–Kier alpha value is -3.37. The fourth-order valence-electron chi connectivity index (χ4n) is 2.30. The monoisotopic (exact) mass is 401 g/mol.